The topological polar surface area (TPSA) is 85.4 Å². The molecule has 1 aromatic heterocycles. The van der Waals surface area contributed by atoms with Crippen LogP contribution >= 0.6 is 0 Å². The van der Waals surface area contributed by atoms with Crippen LogP contribution in [0.2, 0.25) is 0 Å². The summed E-state index contributed by atoms with van der Waals surface area (Å²) in [5.41, 5.74) is 5.75. The summed E-state index contributed by atoms with van der Waals surface area (Å²) in [6.45, 7) is 3.80. The second kappa shape index (κ2) is 4.63. The monoisotopic (exact) mass is 210 g/mol. The van der Waals surface area contributed by atoms with Crippen LogP contribution in [-0.2, 0) is 0 Å². The molecule has 1 unspecified atom stereocenters. The summed E-state index contributed by atoms with van der Waals surface area (Å²) in [4.78, 5) is 14.7. The van der Waals surface area contributed by atoms with Gasteiger partial charge in [0.25, 0.3) is 0 Å². The Hall–Kier alpha value is -1.78. The van der Waals surface area contributed by atoms with Crippen molar-refractivity contribution < 1.29 is 14.6 Å². The molecule has 0 radical (unpaired) electrons. The van der Waals surface area contributed by atoms with Crippen molar-refractivity contribution >= 4 is 11.7 Å². The molecule has 0 aliphatic rings. The van der Waals surface area contributed by atoms with Crippen LogP contribution in [0.15, 0.2) is 12.3 Å². The second-order valence-electron chi connectivity index (χ2n) is 3.26. The van der Waals surface area contributed by atoms with Crippen molar-refractivity contribution in [3.8, 4) is 5.88 Å². The summed E-state index contributed by atoms with van der Waals surface area (Å²) < 4.78 is 5.36. The van der Waals surface area contributed by atoms with Crippen LogP contribution in [0.25, 0.3) is 0 Å². The number of carbonyl (C=O) groups is 1. The molecule has 0 amide bonds. The number of hydrogen-bond acceptors (Lipinski definition) is 4. The van der Waals surface area contributed by atoms with Crippen LogP contribution in [0.5, 0.6) is 5.88 Å². The molecule has 0 fully saturated rings. The van der Waals surface area contributed by atoms with E-state index in [1.807, 2.05) is 13.8 Å². The van der Waals surface area contributed by atoms with E-state index in [1.54, 1.807) is 0 Å². The Morgan fingerprint density at radius 2 is 2.40 bits per heavy atom. The van der Waals surface area contributed by atoms with Gasteiger partial charge in [0.1, 0.15) is 5.56 Å². The second-order valence-corrected chi connectivity index (χ2v) is 3.26. The lowest BCUT2D eigenvalue weighted by atomic mass is 10.2. The fraction of sp³-hybridized carbons (Fsp3) is 0.400. The van der Waals surface area contributed by atoms with Gasteiger partial charge in [-0.15, -0.1) is 0 Å². The van der Waals surface area contributed by atoms with Crippen LogP contribution in [0.4, 0.5) is 5.69 Å². The average Bonchev–Trinajstić information content (AvgIpc) is 2.20. The number of aromatic carboxylic acids is 1. The molecule has 1 heterocycles. The Morgan fingerprint density at radius 1 is 1.73 bits per heavy atom. The van der Waals surface area contributed by atoms with Crippen LogP contribution in [0, 0.1) is 0 Å². The first kappa shape index (κ1) is 11.3. The summed E-state index contributed by atoms with van der Waals surface area (Å²) in [6.07, 6.45) is 2.09. The van der Waals surface area contributed by atoms with Gasteiger partial charge in [-0.1, -0.05) is 6.92 Å². The van der Waals surface area contributed by atoms with E-state index >= 15 is 0 Å². The molecule has 15 heavy (non-hydrogen) atoms. The minimum Gasteiger partial charge on any atom is -0.477 e. The Balaban J connectivity index is 3.01. The maximum atomic E-state index is 10.9. The van der Waals surface area contributed by atoms with Gasteiger partial charge in [-0.05, 0) is 19.4 Å². The molecule has 0 aromatic carbocycles. The lowest BCUT2D eigenvalue weighted by Crippen LogP contribution is -2.14. The van der Waals surface area contributed by atoms with Crippen molar-refractivity contribution in [3.05, 3.63) is 17.8 Å². The number of pyridine rings is 1. The molecule has 0 saturated carbocycles. The molecule has 0 bridgehead atoms. The van der Waals surface area contributed by atoms with E-state index < -0.39 is 5.97 Å². The number of carboxylic acids is 1. The molecule has 0 saturated heterocycles. The molecule has 82 valence electrons. The van der Waals surface area contributed by atoms with Gasteiger partial charge >= 0.3 is 5.97 Å². The van der Waals surface area contributed by atoms with Crippen molar-refractivity contribution in [3.63, 3.8) is 0 Å². The fourth-order valence-electron chi connectivity index (χ4n) is 0.989. The van der Waals surface area contributed by atoms with Crippen molar-refractivity contribution in [2.45, 2.75) is 26.4 Å². The van der Waals surface area contributed by atoms with Gasteiger partial charge < -0.3 is 15.6 Å². The first-order chi connectivity index (χ1) is 7.04. The lowest BCUT2D eigenvalue weighted by molar-refractivity contribution is 0.0688. The highest BCUT2D eigenvalue weighted by Gasteiger charge is 2.15. The van der Waals surface area contributed by atoms with E-state index in [9.17, 15) is 4.79 Å². The van der Waals surface area contributed by atoms with Crippen molar-refractivity contribution in [1.29, 1.82) is 0 Å². The third-order valence-electron chi connectivity index (χ3n) is 1.99. The number of aromatic nitrogens is 1. The molecule has 3 N–H and O–H groups in total. The van der Waals surface area contributed by atoms with Crippen LogP contribution < -0.4 is 10.5 Å². The number of nitrogen functional groups attached to an aromatic ring is 1. The van der Waals surface area contributed by atoms with Crippen LogP contribution in [-0.4, -0.2) is 22.2 Å². The predicted octanol–water partition coefficient (Wildman–Crippen LogP) is 1.54. The van der Waals surface area contributed by atoms with Crippen LogP contribution in [0.1, 0.15) is 30.6 Å². The molecule has 1 rings (SSSR count). The van der Waals surface area contributed by atoms with E-state index in [-0.39, 0.29) is 17.5 Å². The Morgan fingerprint density at radius 3 is 2.93 bits per heavy atom. The third kappa shape index (κ3) is 2.83. The zero-order valence-electron chi connectivity index (χ0n) is 8.73. The van der Waals surface area contributed by atoms with Crippen molar-refractivity contribution in [1.82, 2.24) is 4.98 Å². The van der Waals surface area contributed by atoms with Gasteiger partial charge in [-0.2, -0.15) is 0 Å². The number of hydrogen-bond donors (Lipinski definition) is 2. The molecular formula is C10H14N2O3. The highest BCUT2D eigenvalue weighted by Crippen LogP contribution is 2.19. The van der Waals surface area contributed by atoms with Gasteiger partial charge in [-0.25, -0.2) is 9.78 Å². The standard InChI is InChI=1S/C10H14N2O3/c1-3-6(2)15-9-8(10(13)14)4-7(11)5-12-9/h4-6H,3,11H2,1-2H3,(H,13,14). The molecule has 0 spiro atoms. The Labute approximate surface area is 87.9 Å². The maximum absolute atomic E-state index is 10.9. The minimum absolute atomic E-state index is 0.00435. The SMILES string of the molecule is CCC(C)Oc1ncc(N)cc1C(=O)O. The summed E-state index contributed by atoms with van der Waals surface area (Å²) >= 11 is 0. The predicted molar refractivity (Wildman–Crippen MR) is 56.0 cm³/mol. The third-order valence-corrected chi connectivity index (χ3v) is 1.99. The van der Waals surface area contributed by atoms with Crippen molar-refractivity contribution in [2.24, 2.45) is 0 Å². The van der Waals surface area contributed by atoms with Crippen molar-refractivity contribution in [2.75, 3.05) is 5.73 Å². The van der Waals surface area contributed by atoms with Gasteiger partial charge in [-0.3, -0.25) is 0 Å². The van der Waals surface area contributed by atoms with E-state index in [4.69, 9.17) is 15.6 Å². The normalized spacial score (nSPS) is 12.1. The lowest BCUT2D eigenvalue weighted by Gasteiger charge is -2.13. The Bertz CT molecular complexity index is 366. The number of nitrogens with zero attached hydrogens (tertiary/aromatic N) is 1. The van der Waals surface area contributed by atoms with E-state index in [1.165, 1.54) is 12.3 Å². The number of anilines is 1. The zero-order valence-corrected chi connectivity index (χ0v) is 8.73. The molecule has 0 aliphatic heterocycles. The first-order valence-electron chi connectivity index (χ1n) is 4.70. The zero-order chi connectivity index (χ0) is 11.4. The summed E-state index contributed by atoms with van der Waals surface area (Å²) in [7, 11) is 0. The molecule has 5 nitrogen and oxygen atoms in total. The number of rotatable bonds is 4. The summed E-state index contributed by atoms with van der Waals surface area (Å²) in [5.74, 6) is -0.973. The average molecular weight is 210 g/mol. The summed E-state index contributed by atoms with van der Waals surface area (Å²) in [6, 6.07) is 1.34. The number of carboxylic acid groups (broad SMARTS) is 1. The maximum Gasteiger partial charge on any atom is 0.341 e. The van der Waals surface area contributed by atoms with E-state index in [0.29, 0.717) is 5.69 Å². The van der Waals surface area contributed by atoms with Gasteiger partial charge in [0.15, 0.2) is 0 Å². The van der Waals surface area contributed by atoms with Gasteiger partial charge in [0.2, 0.25) is 5.88 Å². The van der Waals surface area contributed by atoms with Gasteiger partial charge in [0, 0.05) is 0 Å². The molecule has 1 aromatic rings. The van der Waals surface area contributed by atoms with E-state index in [0.717, 1.165) is 6.42 Å². The summed E-state index contributed by atoms with van der Waals surface area (Å²) in [5, 5.41) is 8.90. The molecule has 0 aliphatic carbocycles. The minimum atomic E-state index is -1.09. The number of nitrogens with two attached hydrogens (primary N) is 1. The highest BCUT2D eigenvalue weighted by molar-refractivity contribution is 5.91. The quantitative estimate of drug-likeness (QED) is 0.787. The number of ether oxygens (including phenoxy) is 1. The Kier molecular flexibility index (Phi) is 3.49. The molecule has 1 atom stereocenters. The fourth-order valence-corrected chi connectivity index (χ4v) is 0.989. The largest absolute Gasteiger partial charge is 0.477 e. The van der Waals surface area contributed by atoms with Crippen LogP contribution in [0.3, 0.4) is 0 Å². The molecule has 5 heteroatoms. The van der Waals surface area contributed by atoms with E-state index in [2.05, 4.69) is 4.98 Å². The smallest absolute Gasteiger partial charge is 0.341 e. The highest BCUT2D eigenvalue weighted by atomic mass is 16.5. The first-order valence-corrected chi connectivity index (χ1v) is 4.70. The molecular weight excluding hydrogens is 196 g/mol. The van der Waals surface area contributed by atoms with Gasteiger partial charge in [0.05, 0.1) is 18.0 Å².